The third kappa shape index (κ3) is 8.94. The zero-order valence-electron chi connectivity index (χ0n) is 10.9. The van der Waals surface area contributed by atoms with E-state index >= 15 is 0 Å². The number of carbonyl (C=O) groups excluding carboxylic acids is 1. The highest BCUT2D eigenvalue weighted by atomic mass is 32.2. The molecule has 0 radical (unpaired) electrons. The molecule has 0 aliphatic rings. The van der Waals surface area contributed by atoms with Crippen LogP contribution in [0, 0.1) is 5.92 Å². The molecule has 8 heteroatoms. The molecule has 0 spiro atoms. The van der Waals surface area contributed by atoms with Gasteiger partial charge in [-0.25, -0.2) is 13.1 Å². The van der Waals surface area contributed by atoms with Crippen LogP contribution in [0.25, 0.3) is 0 Å². The van der Waals surface area contributed by atoms with E-state index in [1.54, 1.807) is 20.8 Å². The SMILES string of the molecule is CC(C)(C)OC(=O)C[C@@H](CNS(C)(=O)=O)C(=O)O. The Bertz CT molecular complexity index is 409. The number of aliphatic carboxylic acids is 1. The molecule has 0 aliphatic carbocycles. The number of carboxylic acid groups (broad SMARTS) is 1. The summed E-state index contributed by atoms with van der Waals surface area (Å²) in [5.74, 6) is -3.07. The van der Waals surface area contributed by atoms with Crippen LogP contribution in [0.15, 0.2) is 0 Å². The van der Waals surface area contributed by atoms with Crippen LogP contribution in [-0.2, 0) is 24.3 Å². The van der Waals surface area contributed by atoms with Gasteiger partial charge in [-0.2, -0.15) is 0 Å². The maximum atomic E-state index is 11.4. The Morgan fingerprint density at radius 1 is 1.33 bits per heavy atom. The number of ether oxygens (including phenoxy) is 1. The summed E-state index contributed by atoms with van der Waals surface area (Å²) in [5.41, 5.74) is -0.704. The molecule has 2 N–H and O–H groups in total. The Morgan fingerprint density at radius 2 is 1.83 bits per heavy atom. The van der Waals surface area contributed by atoms with Crippen LogP contribution in [0.2, 0.25) is 0 Å². The van der Waals surface area contributed by atoms with Crippen molar-refractivity contribution in [2.24, 2.45) is 5.92 Å². The molecule has 0 rings (SSSR count). The van der Waals surface area contributed by atoms with Crippen LogP contribution in [0.3, 0.4) is 0 Å². The van der Waals surface area contributed by atoms with Crippen molar-refractivity contribution in [3.8, 4) is 0 Å². The highest BCUT2D eigenvalue weighted by Gasteiger charge is 2.25. The maximum Gasteiger partial charge on any atom is 0.308 e. The lowest BCUT2D eigenvalue weighted by molar-refractivity contribution is -0.159. The lowest BCUT2D eigenvalue weighted by atomic mass is 10.1. The first kappa shape index (κ1) is 16.9. The molecule has 0 saturated carbocycles. The van der Waals surface area contributed by atoms with Gasteiger partial charge in [0, 0.05) is 6.54 Å². The third-order valence-corrected chi connectivity index (χ3v) is 2.47. The van der Waals surface area contributed by atoms with E-state index in [0.29, 0.717) is 0 Å². The molecule has 0 aromatic rings. The molecule has 1 atom stereocenters. The van der Waals surface area contributed by atoms with E-state index in [1.165, 1.54) is 0 Å². The Kier molecular flexibility index (Phi) is 5.75. The fourth-order valence-electron chi connectivity index (χ4n) is 1.08. The van der Waals surface area contributed by atoms with Gasteiger partial charge in [-0.15, -0.1) is 0 Å². The molecule has 0 bridgehead atoms. The quantitative estimate of drug-likeness (QED) is 0.661. The van der Waals surface area contributed by atoms with Crippen molar-refractivity contribution in [2.45, 2.75) is 32.8 Å². The summed E-state index contributed by atoms with van der Waals surface area (Å²) in [4.78, 5) is 22.3. The first-order valence-corrected chi connectivity index (χ1v) is 7.19. The minimum atomic E-state index is -3.49. The van der Waals surface area contributed by atoms with Gasteiger partial charge in [0.25, 0.3) is 0 Å². The number of sulfonamides is 1. The lowest BCUT2D eigenvalue weighted by Gasteiger charge is -2.21. The summed E-state index contributed by atoms with van der Waals surface area (Å²) in [6.07, 6.45) is 0.536. The first-order chi connectivity index (χ1) is 7.91. The molecule has 7 nitrogen and oxygen atoms in total. The zero-order valence-corrected chi connectivity index (χ0v) is 11.7. The number of hydrogen-bond acceptors (Lipinski definition) is 5. The van der Waals surface area contributed by atoms with Crippen molar-refractivity contribution in [3.63, 3.8) is 0 Å². The second kappa shape index (κ2) is 6.14. The number of rotatable bonds is 6. The van der Waals surface area contributed by atoms with Crippen LogP contribution < -0.4 is 4.72 Å². The Balaban J connectivity index is 4.46. The monoisotopic (exact) mass is 281 g/mol. The average molecular weight is 281 g/mol. The highest BCUT2D eigenvalue weighted by Crippen LogP contribution is 2.12. The molecule has 0 aromatic heterocycles. The zero-order chi connectivity index (χ0) is 14.6. The van der Waals surface area contributed by atoms with Gasteiger partial charge in [0.2, 0.25) is 10.0 Å². The summed E-state index contributed by atoms with van der Waals surface area (Å²) < 4.78 is 28.7. The molecule has 0 aliphatic heterocycles. The smallest absolute Gasteiger partial charge is 0.308 e. The van der Waals surface area contributed by atoms with Crippen LogP contribution in [-0.4, -0.2) is 43.9 Å². The number of nitrogens with one attached hydrogen (secondary N) is 1. The topological polar surface area (TPSA) is 110 Å². The standard InChI is InChI=1S/C10H19NO6S/c1-10(2,3)17-8(12)5-7(9(13)14)6-11-18(4,15)16/h7,11H,5-6H2,1-4H3,(H,13,14)/t7-/m0/s1. The van der Waals surface area contributed by atoms with E-state index in [1.807, 2.05) is 0 Å². The fraction of sp³-hybridized carbons (Fsp3) is 0.800. The highest BCUT2D eigenvalue weighted by molar-refractivity contribution is 7.88. The molecular weight excluding hydrogens is 262 g/mol. The maximum absolute atomic E-state index is 11.4. The molecule has 106 valence electrons. The molecule has 0 fully saturated rings. The molecular formula is C10H19NO6S. The van der Waals surface area contributed by atoms with Gasteiger partial charge >= 0.3 is 11.9 Å². The van der Waals surface area contributed by atoms with Gasteiger partial charge in [-0.3, -0.25) is 9.59 Å². The van der Waals surface area contributed by atoms with Crippen LogP contribution >= 0.6 is 0 Å². The Morgan fingerprint density at radius 3 is 2.17 bits per heavy atom. The van der Waals surface area contributed by atoms with Crippen molar-refractivity contribution in [3.05, 3.63) is 0 Å². The molecule has 0 aromatic carbocycles. The number of carboxylic acids is 1. The second-order valence-electron chi connectivity index (χ2n) is 4.95. The van der Waals surface area contributed by atoms with Crippen LogP contribution in [0.4, 0.5) is 0 Å². The fourth-order valence-corrected chi connectivity index (χ4v) is 1.59. The predicted octanol–water partition coefficient (Wildman–Crippen LogP) is -0.0318. The van der Waals surface area contributed by atoms with Gasteiger partial charge in [-0.05, 0) is 20.8 Å². The van der Waals surface area contributed by atoms with Gasteiger partial charge in [0.15, 0.2) is 0 Å². The molecule has 0 amide bonds. The molecule has 0 unspecified atom stereocenters. The summed E-state index contributed by atoms with van der Waals surface area (Å²) in [5, 5.41) is 8.87. The lowest BCUT2D eigenvalue weighted by Crippen LogP contribution is -2.35. The van der Waals surface area contributed by atoms with E-state index in [2.05, 4.69) is 4.72 Å². The minimum Gasteiger partial charge on any atom is -0.481 e. The van der Waals surface area contributed by atoms with Crippen molar-refractivity contribution < 1.29 is 27.9 Å². The molecule has 18 heavy (non-hydrogen) atoms. The Hall–Kier alpha value is -1.15. The van der Waals surface area contributed by atoms with Gasteiger partial charge in [0.05, 0.1) is 18.6 Å². The largest absolute Gasteiger partial charge is 0.481 e. The van der Waals surface area contributed by atoms with Crippen LogP contribution in [0.5, 0.6) is 0 Å². The summed E-state index contributed by atoms with van der Waals surface area (Å²) >= 11 is 0. The van der Waals surface area contributed by atoms with Crippen molar-refractivity contribution in [1.29, 1.82) is 0 Å². The summed E-state index contributed by atoms with van der Waals surface area (Å²) in [6, 6.07) is 0. The van der Waals surface area contributed by atoms with Crippen molar-refractivity contribution in [2.75, 3.05) is 12.8 Å². The van der Waals surface area contributed by atoms with Crippen molar-refractivity contribution in [1.82, 2.24) is 4.72 Å². The van der Waals surface area contributed by atoms with Crippen molar-refractivity contribution >= 4 is 22.0 Å². The Labute approximate surface area is 107 Å². The summed E-state index contributed by atoms with van der Waals surface area (Å²) in [6.45, 7) is 4.65. The van der Waals surface area contributed by atoms with E-state index in [-0.39, 0.29) is 13.0 Å². The molecule has 0 saturated heterocycles. The van der Waals surface area contributed by atoms with Gasteiger partial charge in [-0.1, -0.05) is 0 Å². The third-order valence-electron chi connectivity index (χ3n) is 1.77. The van der Waals surface area contributed by atoms with Gasteiger partial charge in [0.1, 0.15) is 5.60 Å². The van der Waals surface area contributed by atoms with Crippen LogP contribution in [0.1, 0.15) is 27.2 Å². The second-order valence-corrected chi connectivity index (χ2v) is 6.78. The van der Waals surface area contributed by atoms with E-state index in [0.717, 1.165) is 6.26 Å². The number of esters is 1. The van der Waals surface area contributed by atoms with E-state index in [4.69, 9.17) is 9.84 Å². The molecule has 0 heterocycles. The van der Waals surface area contributed by atoms with Gasteiger partial charge < -0.3 is 9.84 Å². The number of carbonyl (C=O) groups is 2. The summed E-state index contributed by atoms with van der Waals surface area (Å²) in [7, 11) is -3.49. The van der Waals surface area contributed by atoms with E-state index < -0.39 is 33.5 Å². The number of hydrogen-bond donors (Lipinski definition) is 2. The average Bonchev–Trinajstić information content (AvgIpc) is 2.06. The minimum absolute atomic E-state index is 0.340. The predicted molar refractivity (Wildman–Crippen MR) is 64.4 cm³/mol. The van der Waals surface area contributed by atoms with E-state index in [9.17, 15) is 18.0 Å². The first-order valence-electron chi connectivity index (χ1n) is 5.30. The normalized spacial score (nSPS) is 14.0.